The van der Waals surface area contributed by atoms with Crippen LogP contribution in [0.4, 0.5) is 0 Å². The van der Waals surface area contributed by atoms with E-state index >= 15 is 0 Å². The second kappa shape index (κ2) is 4.66. The van der Waals surface area contributed by atoms with Gasteiger partial charge in [0.25, 0.3) is 0 Å². The van der Waals surface area contributed by atoms with Crippen LogP contribution in [-0.4, -0.2) is 22.2 Å². The van der Waals surface area contributed by atoms with Crippen LogP contribution in [0.3, 0.4) is 0 Å². The minimum atomic E-state index is -0.147. The van der Waals surface area contributed by atoms with E-state index in [2.05, 4.69) is 10.3 Å². The predicted molar refractivity (Wildman–Crippen MR) is 60.1 cm³/mol. The molecule has 5 heteroatoms. The van der Waals surface area contributed by atoms with Gasteiger partial charge >= 0.3 is 0 Å². The van der Waals surface area contributed by atoms with Crippen molar-refractivity contribution in [2.24, 2.45) is 0 Å². The molecule has 1 aliphatic rings. The largest absolute Gasteiger partial charge is 0.393 e. The number of pyridine rings is 1. The molecule has 1 aliphatic carbocycles. The standard InChI is InChI=1S/C10H12Cl2N2O/c11-9-4-13-5-10(12)8(9)3-14-6-1-7(15)2-6/h4-7,14-15H,1-3H2. The number of rotatable bonds is 3. The molecule has 82 valence electrons. The summed E-state index contributed by atoms with van der Waals surface area (Å²) in [5, 5.41) is 13.6. The van der Waals surface area contributed by atoms with E-state index in [0.717, 1.165) is 18.4 Å². The van der Waals surface area contributed by atoms with Crippen molar-refractivity contribution in [3.05, 3.63) is 28.0 Å². The molecule has 0 saturated heterocycles. The SMILES string of the molecule is OC1CC(NCc2c(Cl)cncc2Cl)C1. The molecule has 2 rings (SSSR count). The third-order valence-electron chi connectivity index (χ3n) is 2.63. The van der Waals surface area contributed by atoms with Gasteiger partial charge in [0.15, 0.2) is 0 Å². The summed E-state index contributed by atoms with van der Waals surface area (Å²) in [5.74, 6) is 0. The molecule has 1 aromatic rings. The summed E-state index contributed by atoms with van der Waals surface area (Å²) in [6.45, 7) is 0.623. The maximum absolute atomic E-state index is 9.12. The van der Waals surface area contributed by atoms with E-state index in [-0.39, 0.29) is 6.10 Å². The molecule has 0 radical (unpaired) electrons. The molecule has 0 aromatic carbocycles. The number of aromatic nitrogens is 1. The molecule has 0 unspecified atom stereocenters. The van der Waals surface area contributed by atoms with Crippen molar-refractivity contribution in [3.63, 3.8) is 0 Å². The molecule has 15 heavy (non-hydrogen) atoms. The topological polar surface area (TPSA) is 45.1 Å². The molecule has 1 fully saturated rings. The van der Waals surface area contributed by atoms with E-state index in [9.17, 15) is 0 Å². The lowest BCUT2D eigenvalue weighted by atomic mass is 9.89. The van der Waals surface area contributed by atoms with Crippen LogP contribution in [0.25, 0.3) is 0 Å². The Morgan fingerprint density at radius 2 is 1.93 bits per heavy atom. The molecule has 2 N–H and O–H groups in total. The molecule has 0 bridgehead atoms. The molecule has 0 spiro atoms. The summed E-state index contributed by atoms with van der Waals surface area (Å²) >= 11 is 11.9. The van der Waals surface area contributed by atoms with Crippen molar-refractivity contribution in [2.45, 2.75) is 31.5 Å². The number of aliphatic hydroxyl groups excluding tert-OH is 1. The lowest BCUT2D eigenvalue weighted by molar-refractivity contribution is 0.0619. The summed E-state index contributed by atoms with van der Waals surface area (Å²) < 4.78 is 0. The van der Waals surface area contributed by atoms with Gasteiger partial charge in [0.2, 0.25) is 0 Å². The van der Waals surface area contributed by atoms with E-state index in [1.807, 2.05) is 0 Å². The summed E-state index contributed by atoms with van der Waals surface area (Å²) in [6.07, 6.45) is 4.63. The first kappa shape index (κ1) is 11.1. The van der Waals surface area contributed by atoms with Gasteiger partial charge < -0.3 is 10.4 Å². The second-order valence-electron chi connectivity index (χ2n) is 3.78. The van der Waals surface area contributed by atoms with Gasteiger partial charge in [0, 0.05) is 30.5 Å². The lowest BCUT2D eigenvalue weighted by Crippen LogP contribution is -2.43. The summed E-state index contributed by atoms with van der Waals surface area (Å²) in [7, 11) is 0. The van der Waals surface area contributed by atoms with Gasteiger partial charge in [-0.25, -0.2) is 0 Å². The van der Waals surface area contributed by atoms with Crippen molar-refractivity contribution in [3.8, 4) is 0 Å². The van der Waals surface area contributed by atoms with E-state index in [1.165, 1.54) is 0 Å². The van der Waals surface area contributed by atoms with E-state index in [0.29, 0.717) is 22.6 Å². The van der Waals surface area contributed by atoms with E-state index in [1.54, 1.807) is 12.4 Å². The van der Waals surface area contributed by atoms with Crippen molar-refractivity contribution in [1.82, 2.24) is 10.3 Å². The van der Waals surface area contributed by atoms with Crippen LogP contribution >= 0.6 is 23.2 Å². The van der Waals surface area contributed by atoms with Crippen molar-refractivity contribution in [2.75, 3.05) is 0 Å². The molecular weight excluding hydrogens is 235 g/mol. The molecule has 1 saturated carbocycles. The van der Waals surface area contributed by atoms with Crippen LogP contribution in [0.1, 0.15) is 18.4 Å². The van der Waals surface area contributed by atoms with E-state index in [4.69, 9.17) is 28.3 Å². The number of nitrogens with one attached hydrogen (secondary N) is 1. The van der Waals surface area contributed by atoms with Gasteiger partial charge in [-0.05, 0) is 12.8 Å². The minimum absolute atomic E-state index is 0.147. The minimum Gasteiger partial charge on any atom is -0.393 e. The van der Waals surface area contributed by atoms with Gasteiger partial charge in [-0.2, -0.15) is 0 Å². The van der Waals surface area contributed by atoms with Gasteiger partial charge in [0.05, 0.1) is 16.1 Å². The van der Waals surface area contributed by atoms with Crippen LogP contribution in [-0.2, 0) is 6.54 Å². The molecule has 0 atom stereocenters. The van der Waals surface area contributed by atoms with Crippen LogP contribution in [0.2, 0.25) is 10.0 Å². The second-order valence-corrected chi connectivity index (χ2v) is 4.60. The van der Waals surface area contributed by atoms with Crippen LogP contribution in [0, 0.1) is 0 Å². The van der Waals surface area contributed by atoms with Gasteiger partial charge in [-0.1, -0.05) is 23.2 Å². The number of halogens is 2. The quantitative estimate of drug-likeness (QED) is 0.858. The highest BCUT2D eigenvalue weighted by Gasteiger charge is 2.26. The number of hydrogen-bond acceptors (Lipinski definition) is 3. The average molecular weight is 247 g/mol. The fourth-order valence-corrected chi connectivity index (χ4v) is 2.11. The third kappa shape index (κ3) is 2.61. The van der Waals surface area contributed by atoms with Gasteiger partial charge in [-0.15, -0.1) is 0 Å². The molecular formula is C10H12Cl2N2O. The van der Waals surface area contributed by atoms with Gasteiger partial charge in [-0.3, -0.25) is 4.98 Å². The zero-order valence-electron chi connectivity index (χ0n) is 8.08. The maximum atomic E-state index is 9.12. The van der Waals surface area contributed by atoms with Crippen molar-refractivity contribution >= 4 is 23.2 Å². The maximum Gasteiger partial charge on any atom is 0.0649 e. The first-order chi connectivity index (χ1) is 7.16. The molecule has 3 nitrogen and oxygen atoms in total. The van der Waals surface area contributed by atoms with Crippen molar-refractivity contribution < 1.29 is 5.11 Å². The number of hydrogen-bond donors (Lipinski definition) is 2. The monoisotopic (exact) mass is 246 g/mol. The fourth-order valence-electron chi connectivity index (χ4n) is 1.61. The highest BCUT2D eigenvalue weighted by molar-refractivity contribution is 6.35. The molecule has 0 aliphatic heterocycles. The average Bonchev–Trinajstić information content (AvgIpc) is 2.14. The van der Waals surface area contributed by atoms with Crippen LogP contribution < -0.4 is 5.32 Å². The first-order valence-corrected chi connectivity index (χ1v) is 5.61. The Bertz CT molecular complexity index is 333. The number of aliphatic hydroxyl groups is 1. The Kier molecular flexibility index (Phi) is 3.46. The first-order valence-electron chi connectivity index (χ1n) is 4.86. The number of nitrogens with zero attached hydrogens (tertiary/aromatic N) is 1. The van der Waals surface area contributed by atoms with E-state index < -0.39 is 0 Å². The van der Waals surface area contributed by atoms with Crippen LogP contribution in [0.15, 0.2) is 12.4 Å². The fraction of sp³-hybridized carbons (Fsp3) is 0.500. The lowest BCUT2D eigenvalue weighted by Gasteiger charge is -2.32. The third-order valence-corrected chi connectivity index (χ3v) is 3.28. The normalized spacial score (nSPS) is 25.0. The highest BCUT2D eigenvalue weighted by atomic mass is 35.5. The molecule has 1 aromatic heterocycles. The smallest absolute Gasteiger partial charge is 0.0649 e. The summed E-state index contributed by atoms with van der Waals surface area (Å²) in [4.78, 5) is 3.89. The van der Waals surface area contributed by atoms with Crippen LogP contribution in [0.5, 0.6) is 0 Å². The Labute approximate surface area is 98.4 Å². The van der Waals surface area contributed by atoms with Gasteiger partial charge in [0.1, 0.15) is 0 Å². The molecule has 1 heterocycles. The predicted octanol–water partition coefficient (Wildman–Crippen LogP) is 2.00. The Balaban J connectivity index is 1.93. The summed E-state index contributed by atoms with van der Waals surface area (Å²) in [6, 6.07) is 0.375. The van der Waals surface area contributed by atoms with Crippen molar-refractivity contribution in [1.29, 1.82) is 0 Å². The highest BCUT2D eigenvalue weighted by Crippen LogP contribution is 2.24. The zero-order chi connectivity index (χ0) is 10.8. The Hall–Kier alpha value is -0.350. The zero-order valence-corrected chi connectivity index (χ0v) is 9.59. The molecule has 0 amide bonds. The summed E-state index contributed by atoms with van der Waals surface area (Å²) in [5.41, 5.74) is 0.870. The Morgan fingerprint density at radius 3 is 2.47 bits per heavy atom. The Morgan fingerprint density at radius 1 is 1.33 bits per heavy atom.